The molecule has 0 heteroatoms. The summed E-state index contributed by atoms with van der Waals surface area (Å²) in [6, 6.07) is 13.7. The van der Waals surface area contributed by atoms with E-state index < -0.39 is 0 Å². The van der Waals surface area contributed by atoms with E-state index in [-0.39, 0.29) is 0 Å². The lowest BCUT2D eigenvalue weighted by Crippen LogP contribution is -2.00. The number of hydrogen-bond acceptors (Lipinski definition) is 0. The van der Waals surface area contributed by atoms with Crippen LogP contribution in [-0.2, 0) is 6.42 Å². The van der Waals surface area contributed by atoms with Gasteiger partial charge in [-0.25, -0.2) is 0 Å². The van der Waals surface area contributed by atoms with E-state index in [9.17, 15) is 0 Å². The summed E-state index contributed by atoms with van der Waals surface area (Å²) in [6.45, 7) is 4.63. The highest BCUT2D eigenvalue weighted by Crippen LogP contribution is 2.41. The van der Waals surface area contributed by atoms with Crippen LogP contribution in [0.15, 0.2) is 36.4 Å². The second-order valence-electron chi connectivity index (χ2n) is 6.04. The van der Waals surface area contributed by atoms with E-state index in [4.69, 9.17) is 0 Å². The zero-order valence-corrected chi connectivity index (χ0v) is 12.2. The van der Waals surface area contributed by atoms with Crippen molar-refractivity contribution >= 4 is 10.8 Å². The summed E-state index contributed by atoms with van der Waals surface area (Å²) in [5, 5.41) is 2.81. The summed E-state index contributed by atoms with van der Waals surface area (Å²) in [5.74, 6) is 1.77. The highest BCUT2D eigenvalue weighted by molar-refractivity contribution is 5.84. The maximum atomic E-state index is 2.47. The SMILES string of the molecule is CCc1cc2ccccc2cc1C1CCC(CC)C1. The van der Waals surface area contributed by atoms with Crippen molar-refractivity contribution in [1.29, 1.82) is 0 Å². The molecular weight excluding hydrogens is 228 g/mol. The standard InChI is InChI=1S/C19H24/c1-3-14-9-10-18(11-14)19-13-17-8-6-5-7-16(17)12-15(19)4-2/h5-8,12-14,18H,3-4,9-11H2,1-2H3. The molecule has 0 spiro atoms. The Hall–Kier alpha value is -1.30. The van der Waals surface area contributed by atoms with Crippen molar-refractivity contribution in [2.45, 2.75) is 51.9 Å². The van der Waals surface area contributed by atoms with Gasteiger partial charge < -0.3 is 0 Å². The molecule has 0 nitrogen and oxygen atoms in total. The Labute approximate surface area is 116 Å². The van der Waals surface area contributed by atoms with Gasteiger partial charge in [0.15, 0.2) is 0 Å². The minimum absolute atomic E-state index is 0.810. The summed E-state index contributed by atoms with van der Waals surface area (Å²) < 4.78 is 0. The molecule has 1 fully saturated rings. The van der Waals surface area contributed by atoms with Gasteiger partial charge in [-0.3, -0.25) is 0 Å². The van der Waals surface area contributed by atoms with Gasteiger partial charge in [-0.2, -0.15) is 0 Å². The molecule has 0 radical (unpaired) electrons. The number of aryl methyl sites for hydroxylation is 1. The highest BCUT2D eigenvalue weighted by atomic mass is 14.3. The molecular formula is C19H24. The second kappa shape index (κ2) is 5.36. The van der Waals surface area contributed by atoms with Crippen LogP contribution in [0.25, 0.3) is 10.8 Å². The number of hydrogen-bond donors (Lipinski definition) is 0. The third-order valence-corrected chi connectivity index (χ3v) is 4.95. The van der Waals surface area contributed by atoms with Crippen molar-refractivity contribution in [3.05, 3.63) is 47.5 Å². The average Bonchev–Trinajstić information content (AvgIpc) is 2.94. The van der Waals surface area contributed by atoms with Crippen molar-refractivity contribution in [3.8, 4) is 0 Å². The highest BCUT2D eigenvalue weighted by Gasteiger charge is 2.26. The summed E-state index contributed by atoms with van der Waals surface area (Å²) >= 11 is 0. The molecule has 1 saturated carbocycles. The van der Waals surface area contributed by atoms with Crippen LogP contribution in [0.2, 0.25) is 0 Å². The molecule has 0 saturated heterocycles. The van der Waals surface area contributed by atoms with Crippen molar-refractivity contribution in [3.63, 3.8) is 0 Å². The Kier molecular flexibility index (Phi) is 3.59. The monoisotopic (exact) mass is 252 g/mol. The summed E-state index contributed by atoms with van der Waals surface area (Å²) in [7, 11) is 0. The Morgan fingerprint density at radius 3 is 2.37 bits per heavy atom. The van der Waals surface area contributed by atoms with Crippen LogP contribution in [0.4, 0.5) is 0 Å². The van der Waals surface area contributed by atoms with Crippen LogP contribution in [0.3, 0.4) is 0 Å². The number of fused-ring (bicyclic) bond motifs is 1. The fraction of sp³-hybridized carbons (Fsp3) is 0.474. The second-order valence-corrected chi connectivity index (χ2v) is 6.04. The van der Waals surface area contributed by atoms with Gasteiger partial charge in [0.05, 0.1) is 0 Å². The van der Waals surface area contributed by atoms with Gasteiger partial charge >= 0.3 is 0 Å². The molecule has 0 amide bonds. The molecule has 19 heavy (non-hydrogen) atoms. The molecule has 0 aromatic heterocycles. The molecule has 0 bridgehead atoms. The van der Waals surface area contributed by atoms with Gasteiger partial charge in [0.2, 0.25) is 0 Å². The maximum absolute atomic E-state index is 2.47. The van der Waals surface area contributed by atoms with Gasteiger partial charge in [0.1, 0.15) is 0 Å². The minimum atomic E-state index is 0.810. The van der Waals surface area contributed by atoms with E-state index >= 15 is 0 Å². The molecule has 1 aliphatic carbocycles. The predicted octanol–water partition coefficient (Wildman–Crippen LogP) is 5.70. The Morgan fingerprint density at radius 2 is 1.74 bits per heavy atom. The molecule has 1 aliphatic rings. The third kappa shape index (κ3) is 2.41. The lowest BCUT2D eigenvalue weighted by Gasteiger charge is -2.16. The van der Waals surface area contributed by atoms with Crippen molar-refractivity contribution in [2.24, 2.45) is 5.92 Å². The van der Waals surface area contributed by atoms with E-state index in [1.54, 1.807) is 11.1 Å². The summed E-state index contributed by atoms with van der Waals surface area (Å²) in [4.78, 5) is 0. The largest absolute Gasteiger partial charge is 0.0651 e. The van der Waals surface area contributed by atoms with E-state index in [2.05, 4.69) is 50.2 Å². The van der Waals surface area contributed by atoms with Crippen LogP contribution in [0.5, 0.6) is 0 Å². The molecule has 2 aromatic rings. The molecule has 2 atom stereocenters. The first-order valence-electron chi connectivity index (χ1n) is 7.83. The summed E-state index contributed by atoms with van der Waals surface area (Å²) in [5.41, 5.74) is 3.21. The maximum Gasteiger partial charge on any atom is -0.0156 e. The van der Waals surface area contributed by atoms with Gasteiger partial charge in [-0.1, -0.05) is 56.7 Å². The Bertz CT molecular complexity index is 567. The minimum Gasteiger partial charge on any atom is -0.0651 e. The normalized spacial score (nSPS) is 23.1. The van der Waals surface area contributed by atoms with Gasteiger partial charge in [0.25, 0.3) is 0 Å². The Morgan fingerprint density at radius 1 is 1.00 bits per heavy atom. The lowest BCUT2D eigenvalue weighted by molar-refractivity contribution is 0.521. The molecule has 0 heterocycles. The third-order valence-electron chi connectivity index (χ3n) is 4.95. The fourth-order valence-corrected chi connectivity index (χ4v) is 3.72. The quantitative estimate of drug-likeness (QED) is 0.657. The molecule has 2 aromatic carbocycles. The van der Waals surface area contributed by atoms with E-state index in [1.165, 1.54) is 36.5 Å². The number of benzene rings is 2. The smallest absolute Gasteiger partial charge is 0.0156 e. The van der Waals surface area contributed by atoms with Crippen LogP contribution in [0.1, 0.15) is 56.6 Å². The zero-order chi connectivity index (χ0) is 13.2. The van der Waals surface area contributed by atoms with Gasteiger partial charge in [0, 0.05) is 0 Å². The van der Waals surface area contributed by atoms with E-state index in [0.717, 1.165) is 18.3 Å². The zero-order valence-electron chi connectivity index (χ0n) is 12.2. The van der Waals surface area contributed by atoms with Gasteiger partial charge in [-0.15, -0.1) is 0 Å². The molecule has 100 valence electrons. The van der Waals surface area contributed by atoms with Crippen LogP contribution >= 0.6 is 0 Å². The number of rotatable bonds is 3. The lowest BCUT2D eigenvalue weighted by atomic mass is 9.88. The van der Waals surface area contributed by atoms with Crippen molar-refractivity contribution in [1.82, 2.24) is 0 Å². The van der Waals surface area contributed by atoms with Crippen molar-refractivity contribution < 1.29 is 0 Å². The van der Waals surface area contributed by atoms with Crippen LogP contribution < -0.4 is 0 Å². The van der Waals surface area contributed by atoms with E-state index in [1.807, 2.05) is 0 Å². The van der Waals surface area contributed by atoms with E-state index in [0.29, 0.717) is 0 Å². The first kappa shape index (κ1) is 12.7. The van der Waals surface area contributed by atoms with Gasteiger partial charge in [-0.05, 0) is 59.4 Å². The predicted molar refractivity (Wildman–Crippen MR) is 83.7 cm³/mol. The first-order chi connectivity index (χ1) is 9.31. The molecule has 0 N–H and O–H groups in total. The molecule has 2 unspecified atom stereocenters. The fourth-order valence-electron chi connectivity index (χ4n) is 3.72. The van der Waals surface area contributed by atoms with Crippen LogP contribution in [-0.4, -0.2) is 0 Å². The summed E-state index contributed by atoms with van der Waals surface area (Å²) in [6.07, 6.45) is 6.74. The molecule has 3 rings (SSSR count). The first-order valence-corrected chi connectivity index (χ1v) is 7.83. The average molecular weight is 252 g/mol. The molecule has 0 aliphatic heterocycles. The topological polar surface area (TPSA) is 0 Å². The Balaban J connectivity index is 2.02. The van der Waals surface area contributed by atoms with Crippen molar-refractivity contribution in [2.75, 3.05) is 0 Å². The van der Waals surface area contributed by atoms with Crippen LogP contribution in [0, 0.1) is 5.92 Å².